The Labute approximate surface area is 118 Å². The molecule has 0 unspecified atom stereocenters. The maximum absolute atomic E-state index is 10.5. The first-order chi connectivity index (χ1) is 9.56. The Bertz CT molecular complexity index is 693. The van der Waals surface area contributed by atoms with Crippen LogP contribution in [-0.2, 0) is 0 Å². The minimum Gasteiger partial charge on any atom is -0.380 e. The van der Waals surface area contributed by atoms with Crippen molar-refractivity contribution in [2.75, 3.05) is 0 Å². The van der Waals surface area contributed by atoms with Crippen molar-refractivity contribution in [3.63, 3.8) is 0 Å². The van der Waals surface area contributed by atoms with Gasteiger partial charge in [-0.1, -0.05) is 17.4 Å². The van der Waals surface area contributed by atoms with Crippen molar-refractivity contribution in [3.05, 3.63) is 56.7 Å². The van der Waals surface area contributed by atoms with Crippen LogP contribution in [0.2, 0.25) is 0 Å². The zero-order valence-electron chi connectivity index (χ0n) is 10.6. The topological polar surface area (TPSA) is 107 Å². The lowest BCUT2D eigenvalue weighted by atomic mass is 10.3. The van der Waals surface area contributed by atoms with E-state index in [0.717, 1.165) is 17.0 Å². The fraction of sp³-hybridized carbons (Fsp3) is 0.0833. The predicted molar refractivity (Wildman–Crippen MR) is 78.3 cm³/mol. The van der Waals surface area contributed by atoms with Crippen LogP contribution in [0, 0.1) is 17.0 Å². The van der Waals surface area contributed by atoms with Gasteiger partial charge in [0.2, 0.25) is 0 Å². The third kappa shape index (κ3) is 3.45. The van der Waals surface area contributed by atoms with Crippen molar-refractivity contribution in [2.24, 2.45) is 15.9 Å². The molecule has 2 rings (SSSR count). The van der Waals surface area contributed by atoms with Crippen LogP contribution in [0.15, 0.2) is 40.5 Å². The molecule has 2 heterocycles. The molecule has 0 bridgehead atoms. The van der Waals surface area contributed by atoms with Crippen molar-refractivity contribution in [3.8, 4) is 0 Å². The van der Waals surface area contributed by atoms with Gasteiger partial charge in [-0.05, 0) is 25.1 Å². The molecule has 7 nitrogen and oxygen atoms in total. The molecule has 8 heteroatoms. The number of amidine groups is 1. The van der Waals surface area contributed by atoms with Crippen LogP contribution in [0.3, 0.4) is 0 Å². The summed E-state index contributed by atoms with van der Waals surface area (Å²) in [6.45, 7) is 1.85. The third-order valence-corrected chi connectivity index (χ3v) is 3.27. The van der Waals surface area contributed by atoms with Gasteiger partial charge < -0.3 is 5.73 Å². The molecule has 0 amide bonds. The van der Waals surface area contributed by atoms with Crippen LogP contribution >= 0.6 is 11.3 Å². The van der Waals surface area contributed by atoms with E-state index >= 15 is 0 Å². The van der Waals surface area contributed by atoms with Gasteiger partial charge >= 0.3 is 5.00 Å². The second-order valence-corrected chi connectivity index (χ2v) is 4.92. The molecule has 0 aliphatic heterocycles. The summed E-state index contributed by atoms with van der Waals surface area (Å²) in [4.78, 5) is 14.9. The molecule has 0 aliphatic rings. The Morgan fingerprint density at radius 1 is 1.45 bits per heavy atom. The summed E-state index contributed by atoms with van der Waals surface area (Å²) in [6.07, 6.45) is 1.42. The summed E-state index contributed by atoms with van der Waals surface area (Å²) in [5, 5.41) is 18.2. The minimum absolute atomic E-state index is 0.0590. The lowest BCUT2D eigenvalue weighted by Gasteiger charge is -1.98. The zero-order valence-corrected chi connectivity index (χ0v) is 11.4. The highest BCUT2D eigenvalue weighted by molar-refractivity contribution is 7.16. The van der Waals surface area contributed by atoms with E-state index in [-0.39, 0.29) is 10.8 Å². The molecule has 0 aliphatic carbocycles. The average Bonchev–Trinajstić information content (AvgIpc) is 2.87. The summed E-state index contributed by atoms with van der Waals surface area (Å²) < 4.78 is 0. The first-order valence-corrected chi connectivity index (χ1v) is 6.42. The Morgan fingerprint density at radius 2 is 2.25 bits per heavy atom. The lowest BCUT2D eigenvalue weighted by molar-refractivity contribution is -0.380. The molecule has 20 heavy (non-hydrogen) atoms. The normalized spacial score (nSPS) is 11.9. The quantitative estimate of drug-likeness (QED) is 0.402. The van der Waals surface area contributed by atoms with Crippen LogP contribution in [0.1, 0.15) is 16.3 Å². The SMILES string of the molecule is Cc1cccc(/C(N)=N/N=C/c2ccc([N+](=O)[O-])s2)n1. The summed E-state index contributed by atoms with van der Waals surface area (Å²) >= 11 is 1.02. The maximum Gasteiger partial charge on any atom is 0.324 e. The Kier molecular flexibility index (Phi) is 4.16. The van der Waals surface area contributed by atoms with Gasteiger partial charge in [-0.25, -0.2) is 4.98 Å². The van der Waals surface area contributed by atoms with E-state index in [4.69, 9.17) is 5.73 Å². The molecule has 0 radical (unpaired) electrons. The molecule has 0 aromatic carbocycles. The molecule has 2 aromatic heterocycles. The summed E-state index contributed by atoms with van der Waals surface area (Å²) in [7, 11) is 0. The molecule has 102 valence electrons. The number of hydrogen-bond donors (Lipinski definition) is 1. The molecule has 2 N–H and O–H groups in total. The number of nitrogens with zero attached hydrogens (tertiary/aromatic N) is 4. The van der Waals surface area contributed by atoms with Crippen molar-refractivity contribution >= 4 is 28.4 Å². The van der Waals surface area contributed by atoms with Crippen molar-refractivity contribution in [2.45, 2.75) is 6.92 Å². The van der Waals surface area contributed by atoms with Gasteiger partial charge in [-0.3, -0.25) is 10.1 Å². The van der Waals surface area contributed by atoms with Crippen molar-refractivity contribution in [1.82, 2.24) is 4.98 Å². The van der Waals surface area contributed by atoms with Crippen LogP contribution in [0.25, 0.3) is 0 Å². The first kappa shape index (κ1) is 13.8. The highest BCUT2D eigenvalue weighted by Gasteiger charge is 2.07. The highest BCUT2D eigenvalue weighted by Crippen LogP contribution is 2.22. The molecule has 0 saturated carbocycles. The number of aromatic nitrogens is 1. The first-order valence-electron chi connectivity index (χ1n) is 5.61. The van der Waals surface area contributed by atoms with Gasteiger partial charge in [-0.15, -0.1) is 5.10 Å². The van der Waals surface area contributed by atoms with Crippen LogP contribution in [-0.4, -0.2) is 22.0 Å². The van der Waals surface area contributed by atoms with Crippen molar-refractivity contribution < 1.29 is 4.92 Å². The van der Waals surface area contributed by atoms with Gasteiger partial charge in [0.15, 0.2) is 5.84 Å². The minimum atomic E-state index is -0.448. The second kappa shape index (κ2) is 6.02. The van der Waals surface area contributed by atoms with E-state index in [2.05, 4.69) is 15.2 Å². The van der Waals surface area contributed by atoms with E-state index in [0.29, 0.717) is 10.6 Å². The van der Waals surface area contributed by atoms with Crippen molar-refractivity contribution in [1.29, 1.82) is 0 Å². The molecule has 0 fully saturated rings. The van der Waals surface area contributed by atoms with Gasteiger partial charge in [0, 0.05) is 11.8 Å². The Morgan fingerprint density at radius 3 is 2.90 bits per heavy atom. The summed E-state index contributed by atoms with van der Waals surface area (Å²) in [6, 6.07) is 8.43. The van der Waals surface area contributed by atoms with E-state index in [1.807, 2.05) is 19.1 Å². The average molecular weight is 289 g/mol. The van der Waals surface area contributed by atoms with Crippen LogP contribution < -0.4 is 5.73 Å². The monoisotopic (exact) mass is 289 g/mol. The van der Waals surface area contributed by atoms with Crippen LogP contribution in [0.4, 0.5) is 5.00 Å². The largest absolute Gasteiger partial charge is 0.380 e. The molecule has 0 saturated heterocycles. The number of pyridine rings is 1. The smallest absolute Gasteiger partial charge is 0.324 e. The predicted octanol–water partition coefficient (Wildman–Crippen LogP) is 2.10. The Hall–Kier alpha value is -2.61. The van der Waals surface area contributed by atoms with Gasteiger partial charge in [-0.2, -0.15) is 5.10 Å². The van der Waals surface area contributed by atoms with Gasteiger partial charge in [0.1, 0.15) is 5.69 Å². The molecular weight excluding hydrogens is 278 g/mol. The zero-order chi connectivity index (χ0) is 14.5. The Balaban J connectivity index is 2.11. The second-order valence-electron chi connectivity index (χ2n) is 3.83. The van der Waals surface area contributed by atoms with E-state index in [1.165, 1.54) is 12.3 Å². The number of nitrogens with two attached hydrogens (primary N) is 1. The summed E-state index contributed by atoms with van der Waals surface area (Å²) in [5.41, 5.74) is 7.12. The fourth-order valence-electron chi connectivity index (χ4n) is 1.39. The molecule has 0 atom stereocenters. The molecule has 0 spiro atoms. The van der Waals surface area contributed by atoms with Crippen LogP contribution in [0.5, 0.6) is 0 Å². The van der Waals surface area contributed by atoms with E-state index < -0.39 is 4.92 Å². The van der Waals surface area contributed by atoms with Gasteiger partial charge in [0.05, 0.1) is 16.0 Å². The standard InChI is InChI=1S/C12H11N5O2S/c1-8-3-2-4-10(15-8)12(13)16-14-7-9-5-6-11(20-9)17(18)19/h2-7H,1H3,(H2,13,16)/b14-7+. The number of rotatable bonds is 4. The number of aryl methyl sites for hydroxylation is 1. The van der Waals surface area contributed by atoms with E-state index in [1.54, 1.807) is 12.1 Å². The number of hydrogen-bond acceptors (Lipinski definition) is 6. The van der Waals surface area contributed by atoms with E-state index in [9.17, 15) is 10.1 Å². The molecule has 2 aromatic rings. The number of thiophene rings is 1. The third-order valence-electron chi connectivity index (χ3n) is 2.29. The molecular formula is C12H11N5O2S. The number of nitro groups is 1. The summed E-state index contributed by atoms with van der Waals surface area (Å²) in [5.74, 6) is 0.191. The maximum atomic E-state index is 10.5. The highest BCUT2D eigenvalue weighted by atomic mass is 32.1. The fourth-order valence-corrected chi connectivity index (χ4v) is 2.08. The van der Waals surface area contributed by atoms with Gasteiger partial charge in [0.25, 0.3) is 0 Å². The lowest BCUT2D eigenvalue weighted by Crippen LogP contribution is -2.14.